The summed E-state index contributed by atoms with van der Waals surface area (Å²) in [5.41, 5.74) is 2.39. The van der Waals surface area contributed by atoms with Crippen LogP contribution in [-0.4, -0.2) is 18.7 Å². The number of carbonyl (C=O) groups is 1. The van der Waals surface area contributed by atoms with Gasteiger partial charge in [-0.15, -0.1) is 11.3 Å². The van der Waals surface area contributed by atoms with E-state index in [4.69, 9.17) is 16.3 Å². The summed E-state index contributed by atoms with van der Waals surface area (Å²) < 4.78 is 6.29. The summed E-state index contributed by atoms with van der Waals surface area (Å²) in [5, 5.41) is 4.46. The Labute approximate surface area is 133 Å². The molecule has 1 heterocycles. The Bertz CT molecular complexity index is 613. The lowest BCUT2D eigenvalue weighted by Gasteiger charge is -2.04. The zero-order valence-electron chi connectivity index (χ0n) is 10.2. The topological polar surface area (TPSA) is 50.7 Å². The summed E-state index contributed by atoms with van der Waals surface area (Å²) in [6.45, 7) is -0.104. The maximum absolute atomic E-state index is 11.5. The van der Waals surface area contributed by atoms with E-state index in [1.54, 1.807) is 30.5 Å². The lowest BCUT2D eigenvalue weighted by atomic mass is 10.3. The lowest BCUT2D eigenvalue weighted by molar-refractivity contribution is -0.123. The molecule has 2 rings (SSSR count). The Balaban J connectivity index is 1.75. The quantitative estimate of drug-likeness (QED) is 0.642. The molecule has 7 heteroatoms. The van der Waals surface area contributed by atoms with Gasteiger partial charge in [0.15, 0.2) is 6.61 Å². The normalized spacial score (nSPS) is 10.7. The number of amides is 1. The zero-order chi connectivity index (χ0) is 14.4. The highest BCUT2D eigenvalue weighted by molar-refractivity contribution is 9.11. The first kappa shape index (κ1) is 15.0. The second kappa shape index (κ2) is 7.42. The fraction of sp³-hybridized carbons (Fsp3) is 0.0769. The number of ether oxygens (including phenoxy) is 1. The summed E-state index contributed by atoms with van der Waals surface area (Å²) in [6, 6.07) is 10.6. The van der Waals surface area contributed by atoms with Crippen molar-refractivity contribution in [3.8, 4) is 5.75 Å². The minimum atomic E-state index is -0.327. The number of hydrogen-bond donors (Lipinski definition) is 1. The van der Waals surface area contributed by atoms with Crippen LogP contribution in [-0.2, 0) is 4.79 Å². The minimum Gasteiger partial charge on any atom is -0.484 e. The number of nitrogens with one attached hydrogen (secondary N) is 1. The summed E-state index contributed by atoms with van der Waals surface area (Å²) in [7, 11) is 0. The van der Waals surface area contributed by atoms with Crippen LogP contribution in [0.15, 0.2) is 45.3 Å². The summed E-state index contributed by atoms with van der Waals surface area (Å²) in [6.07, 6.45) is 1.58. The third-order valence-electron chi connectivity index (χ3n) is 2.16. The van der Waals surface area contributed by atoms with E-state index in [-0.39, 0.29) is 12.5 Å². The summed E-state index contributed by atoms with van der Waals surface area (Å²) in [4.78, 5) is 12.4. The molecule has 0 aliphatic rings. The van der Waals surface area contributed by atoms with Crippen molar-refractivity contribution in [3.63, 3.8) is 0 Å². The van der Waals surface area contributed by atoms with Crippen molar-refractivity contribution >= 4 is 51.0 Å². The van der Waals surface area contributed by atoms with Crippen molar-refractivity contribution < 1.29 is 9.53 Å². The molecule has 0 fully saturated rings. The fourth-order valence-electron chi connectivity index (χ4n) is 1.28. The van der Waals surface area contributed by atoms with Gasteiger partial charge < -0.3 is 4.74 Å². The van der Waals surface area contributed by atoms with Crippen LogP contribution < -0.4 is 10.2 Å². The lowest BCUT2D eigenvalue weighted by Crippen LogP contribution is -2.24. The maximum Gasteiger partial charge on any atom is 0.277 e. The monoisotopic (exact) mass is 372 g/mol. The van der Waals surface area contributed by atoms with Gasteiger partial charge in [-0.05, 0) is 52.3 Å². The maximum atomic E-state index is 11.5. The fourth-order valence-corrected chi connectivity index (χ4v) is 2.70. The third-order valence-corrected chi connectivity index (χ3v) is 3.97. The summed E-state index contributed by atoms with van der Waals surface area (Å²) >= 11 is 10.6. The molecular formula is C13H10BrClN2O2S. The number of thiophene rings is 1. The van der Waals surface area contributed by atoms with Crippen molar-refractivity contribution in [1.29, 1.82) is 0 Å². The zero-order valence-corrected chi connectivity index (χ0v) is 13.3. The van der Waals surface area contributed by atoms with E-state index < -0.39 is 0 Å². The number of benzene rings is 1. The second-order valence-electron chi connectivity index (χ2n) is 3.68. The van der Waals surface area contributed by atoms with Crippen LogP contribution in [0, 0.1) is 0 Å². The first-order chi connectivity index (χ1) is 9.63. The largest absolute Gasteiger partial charge is 0.484 e. The van der Waals surface area contributed by atoms with Crippen molar-refractivity contribution in [2.45, 2.75) is 0 Å². The predicted octanol–water partition coefficient (Wildman–Crippen LogP) is 3.69. The molecule has 1 aromatic heterocycles. The highest BCUT2D eigenvalue weighted by Gasteiger charge is 2.01. The predicted molar refractivity (Wildman–Crippen MR) is 84.7 cm³/mol. The molecule has 0 atom stereocenters. The van der Waals surface area contributed by atoms with Gasteiger partial charge in [0.1, 0.15) is 5.75 Å². The van der Waals surface area contributed by atoms with Crippen LogP contribution >= 0.6 is 38.9 Å². The molecule has 1 N–H and O–H groups in total. The van der Waals surface area contributed by atoms with Crippen molar-refractivity contribution in [2.75, 3.05) is 6.61 Å². The van der Waals surface area contributed by atoms with Crippen molar-refractivity contribution in [3.05, 3.63) is 50.1 Å². The van der Waals surface area contributed by atoms with Gasteiger partial charge in [0, 0.05) is 9.90 Å². The molecule has 20 heavy (non-hydrogen) atoms. The van der Waals surface area contributed by atoms with E-state index in [9.17, 15) is 4.79 Å². The number of halogens is 2. The average molecular weight is 374 g/mol. The molecule has 0 saturated carbocycles. The van der Waals surface area contributed by atoms with Gasteiger partial charge in [-0.25, -0.2) is 5.43 Å². The number of hydrazone groups is 1. The van der Waals surface area contributed by atoms with Crippen molar-refractivity contribution in [1.82, 2.24) is 5.43 Å². The third kappa shape index (κ3) is 4.96. The van der Waals surface area contributed by atoms with Gasteiger partial charge in [-0.2, -0.15) is 5.10 Å². The van der Waals surface area contributed by atoms with Gasteiger partial charge in [0.25, 0.3) is 5.91 Å². The van der Waals surface area contributed by atoms with E-state index in [2.05, 4.69) is 26.5 Å². The van der Waals surface area contributed by atoms with E-state index >= 15 is 0 Å². The van der Waals surface area contributed by atoms with E-state index in [1.165, 1.54) is 11.3 Å². The molecule has 0 bridgehead atoms. The highest BCUT2D eigenvalue weighted by Crippen LogP contribution is 2.20. The Morgan fingerprint density at radius 1 is 1.35 bits per heavy atom. The van der Waals surface area contributed by atoms with E-state index in [0.29, 0.717) is 10.8 Å². The number of hydrogen-bond acceptors (Lipinski definition) is 4. The van der Waals surface area contributed by atoms with Gasteiger partial charge >= 0.3 is 0 Å². The number of nitrogens with zero attached hydrogens (tertiary/aromatic N) is 1. The summed E-state index contributed by atoms with van der Waals surface area (Å²) in [5.74, 6) is 0.252. The SMILES string of the molecule is O=C(COc1ccc(Cl)cc1)NN=Cc1ccc(Br)s1. The molecule has 1 aromatic carbocycles. The van der Waals surface area contributed by atoms with E-state index in [1.807, 2.05) is 12.1 Å². The van der Waals surface area contributed by atoms with Gasteiger partial charge in [0.05, 0.1) is 10.0 Å². The van der Waals surface area contributed by atoms with Gasteiger partial charge in [0.2, 0.25) is 0 Å². The van der Waals surface area contributed by atoms with Crippen molar-refractivity contribution in [2.24, 2.45) is 5.10 Å². The molecule has 0 saturated heterocycles. The van der Waals surface area contributed by atoms with E-state index in [0.717, 1.165) is 8.66 Å². The Hall–Kier alpha value is -1.37. The van der Waals surface area contributed by atoms with Crippen LogP contribution in [0.1, 0.15) is 4.88 Å². The molecular weight excluding hydrogens is 364 g/mol. The average Bonchev–Trinajstić information content (AvgIpc) is 2.84. The highest BCUT2D eigenvalue weighted by atomic mass is 79.9. The van der Waals surface area contributed by atoms with Crippen LogP contribution in [0.3, 0.4) is 0 Å². The smallest absolute Gasteiger partial charge is 0.277 e. The van der Waals surface area contributed by atoms with Gasteiger partial charge in [-0.3, -0.25) is 4.79 Å². The molecule has 0 unspecified atom stereocenters. The van der Waals surface area contributed by atoms with Crippen LogP contribution in [0.25, 0.3) is 0 Å². The molecule has 2 aromatic rings. The molecule has 4 nitrogen and oxygen atoms in total. The molecule has 104 valence electrons. The number of rotatable bonds is 5. The molecule has 0 aliphatic carbocycles. The Morgan fingerprint density at radius 2 is 2.10 bits per heavy atom. The molecule has 1 amide bonds. The standard InChI is InChI=1S/C13H10BrClN2O2S/c14-12-6-5-11(20-12)7-16-17-13(18)8-19-10-3-1-9(15)2-4-10/h1-7H,8H2,(H,17,18). The molecule has 0 spiro atoms. The van der Waals surface area contributed by atoms with Gasteiger partial charge in [-0.1, -0.05) is 11.6 Å². The van der Waals surface area contributed by atoms with Crippen LogP contribution in [0.4, 0.5) is 0 Å². The number of carbonyl (C=O) groups excluding carboxylic acids is 1. The molecule has 0 radical (unpaired) electrons. The Morgan fingerprint density at radius 3 is 2.75 bits per heavy atom. The Kier molecular flexibility index (Phi) is 5.58. The second-order valence-corrected chi connectivity index (χ2v) is 6.61. The minimum absolute atomic E-state index is 0.104. The van der Waals surface area contributed by atoms with Crippen LogP contribution in [0.2, 0.25) is 5.02 Å². The molecule has 0 aliphatic heterocycles. The van der Waals surface area contributed by atoms with Crippen LogP contribution in [0.5, 0.6) is 5.75 Å². The first-order valence-corrected chi connectivity index (χ1v) is 7.58. The first-order valence-electron chi connectivity index (χ1n) is 5.59.